The Kier molecular flexibility index (Phi) is 3.75. The molecular formula is C16H14N4O. The molecule has 0 aliphatic rings. The summed E-state index contributed by atoms with van der Waals surface area (Å²) in [5, 5.41) is 0. The van der Waals surface area contributed by atoms with Gasteiger partial charge in [0.2, 0.25) is 11.8 Å². The van der Waals surface area contributed by atoms with E-state index in [-0.39, 0.29) is 0 Å². The zero-order valence-electron chi connectivity index (χ0n) is 11.2. The van der Waals surface area contributed by atoms with Gasteiger partial charge in [-0.25, -0.2) is 10.8 Å². The molecule has 0 fully saturated rings. The molecular weight excluding hydrogens is 264 g/mol. The van der Waals surface area contributed by atoms with Gasteiger partial charge in [0, 0.05) is 12.3 Å². The van der Waals surface area contributed by atoms with Gasteiger partial charge in [0.1, 0.15) is 5.75 Å². The number of rotatable bonds is 4. The van der Waals surface area contributed by atoms with Crippen LogP contribution in [0.5, 0.6) is 11.6 Å². The van der Waals surface area contributed by atoms with E-state index in [1.165, 1.54) is 5.56 Å². The van der Waals surface area contributed by atoms with Crippen molar-refractivity contribution in [3.63, 3.8) is 0 Å². The Bertz CT molecular complexity index is 714. The highest BCUT2D eigenvalue weighted by Crippen LogP contribution is 2.24. The van der Waals surface area contributed by atoms with Crippen molar-refractivity contribution in [2.45, 2.75) is 0 Å². The lowest BCUT2D eigenvalue weighted by Gasteiger charge is -2.07. The van der Waals surface area contributed by atoms with Gasteiger partial charge in [0.05, 0.1) is 0 Å². The highest BCUT2D eigenvalue weighted by molar-refractivity contribution is 5.63. The molecule has 0 bridgehead atoms. The van der Waals surface area contributed by atoms with Crippen LogP contribution in [0.3, 0.4) is 0 Å². The second-order valence-corrected chi connectivity index (χ2v) is 4.36. The highest BCUT2D eigenvalue weighted by atomic mass is 16.5. The molecule has 5 nitrogen and oxygen atoms in total. The summed E-state index contributed by atoms with van der Waals surface area (Å²) < 4.78 is 5.67. The fourth-order valence-electron chi connectivity index (χ4n) is 1.94. The molecule has 0 radical (unpaired) electrons. The van der Waals surface area contributed by atoms with Crippen molar-refractivity contribution in [1.82, 2.24) is 9.97 Å². The Morgan fingerprint density at radius 3 is 2.29 bits per heavy atom. The predicted molar refractivity (Wildman–Crippen MR) is 81.8 cm³/mol. The maximum atomic E-state index is 5.67. The summed E-state index contributed by atoms with van der Waals surface area (Å²) in [5.74, 6) is 6.72. The summed E-state index contributed by atoms with van der Waals surface area (Å²) in [5.41, 5.74) is 4.68. The molecule has 0 unspecified atom stereocenters. The molecule has 2 aromatic carbocycles. The van der Waals surface area contributed by atoms with Crippen LogP contribution in [0.4, 0.5) is 5.95 Å². The second kappa shape index (κ2) is 6.02. The maximum Gasteiger partial charge on any atom is 0.240 e. The third-order valence-electron chi connectivity index (χ3n) is 2.94. The number of hydrogen-bond donors (Lipinski definition) is 2. The summed E-state index contributed by atoms with van der Waals surface area (Å²) in [4.78, 5) is 8.02. The van der Waals surface area contributed by atoms with Gasteiger partial charge in [0.25, 0.3) is 0 Å². The average molecular weight is 278 g/mol. The zero-order chi connectivity index (χ0) is 14.5. The van der Waals surface area contributed by atoms with Crippen molar-refractivity contribution in [3.05, 3.63) is 66.9 Å². The third kappa shape index (κ3) is 3.16. The van der Waals surface area contributed by atoms with Gasteiger partial charge in [-0.3, -0.25) is 5.43 Å². The van der Waals surface area contributed by atoms with Crippen LogP contribution in [0.1, 0.15) is 0 Å². The van der Waals surface area contributed by atoms with Gasteiger partial charge in [-0.1, -0.05) is 42.5 Å². The first kappa shape index (κ1) is 13.1. The molecule has 3 aromatic rings. The molecule has 0 spiro atoms. The molecule has 0 saturated heterocycles. The molecule has 3 rings (SSSR count). The SMILES string of the molecule is NNc1nccc(Oc2ccc(-c3ccccc3)cc2)n1. The van der Waals surface area contributed by atoms with Crippen LogP contribution in [0.2, 0.25) is 0 Å². The Balaban J connectivity index is 1.78. The number of benzene rings is 2. The minimum Gasteiger partial charge on any atom is -0.439 e. The number of aromatic nitrogens is 2. The van der Waals surface area contributed by atoms with Gasteiger partial charge in [0.15, 0.2) is 0 Å². The number of nitrogen functional groups attached to an aromatic ring is 1. The first-order chi connectivity index (χ1) is 10.3. The van der Waals surface area contributed by atoms with E-state index in [1.807, 2.05) is 42.5 Å². The van der Waals surface area contributed by atoms with Gasteiger partial charge >= 0.3 is 0 Å². The van der Waals surface area contributed by atoms with Crippen LogP contribution >= 0.6 is 0 Å². The lowest BCUT2D eigenvalue weighted by atomic mass is 10.1. The summed E-state index contributed by atoms with van der Waals surface area (Å²) in [6, 6.07) is 19.7. The van der Waals surface area contributed by atoms with Crippen molar-refractivity contribution in [3.8, 4) is 22.8 Å². The molecule has 0 saturated carbocycles. The lowest BCUT2D eigenvalue weighted by Crippen LogP contribution is -2.10. The average Bonchev–Trinajstić information content (AvgIpc) is 2.56. The van der Waals surface area contributed by atoms with Crippen LogP contribution in [0, 0.1) is 0 Å². The topological polar surface area (TPSA) is 73.1 Å². The molecule has 1 aromatic heterocycles. The molecule has 5 heteroatoms. The summed E-state index contributed by atoms with van der Waals surface area (Å²) in [7, 11) is 0. The fraction of sp³-hybridized carbons (Fsp3) is 0. The van der Waals surface area contributed by atoms with E-state index < -0.39 is 0 Å². The van der Waals surface area contributed by atoms with Gasteiger partial charge in [-0.2, -0.15) is 4.98 Å². The van der Waals surface area contributed by atoms with E-state index >= 15 is 0 Å². The lowest BCUT2D eigenvalue weighted by molar-refractivity contribution is 0.462. The number of anilines is 1. The first-order valence-corrected chi connectivity index (χ1v) is 6.48. The number of ether oxygens (including phenoxy) is 1. The van der Waals surface area contributed by atoms with E-state index in [2.05, 4.69) is 27.5 Å². The number of nitrogens with two attached hydrogens (primary N) is 1. The largest absolute Gasteiger partial charge is 0.439 e. The Morgan fingerprint density at radius 2 is 1.57 bits per heavy atom. The normalized spacial score (nSPS) is 10.1. The van der Waals surface area contributed by atoms with Crippen molar-refractivity contribution < 1.29 is 4.74 Å². The summed E-state index contributed by atoms with van der Waals surface area (Å²) in [6.07, 6.45) is 1.58. The van der Waals surface area contributed by atoms with Gasteiger partial charge in [-0.05, 0) is 23.3 Å². The Hall–Kier alpha value is -2.92. The highest BCUT2D eigenvalue weighted by Gasteiger charge is 2.02. The standard InChI is InChI=1S/C16H14N4O/c17-20-16-18-11-10-15(19-16)21-14-8-6-13(7-9-14)12-4-2-1-3-5-12/h1-11H,17H2,(H,18,19,20). The number of hydrazine groups is 1. The van der Waals surface area contributed by atoms with E-state index in [0.29, 0.717) is 17.6 Å². The monoisotopic (exact) mass is 278 g/mol. The molecule has 0 aliphatic carbocycles. The number of nitrogens with one attached hydrogen (secondary N) is 1. The predicted octanol–water partition coefficient (Wildman–Crippen LogP) is 3.22. The zero-order valence-corrected chi connectivity index (χ0v) is 11.2. The molecule has 0 aliphatic heterocycles. The fourth-order valence-corrected chi connectivity index (χ4v) is 1.94. The Morgan fingerprint density at radius 1 is 0.857 bits per heavy atom. The molecule has 21 heavy (non-hydrogen) atoms. The van der Waals surface area contributed by atoms with Crippen molar-refractivity contribution in [1.29, 1.82) is 0 Å². The number of hydrogen-bond acceptors (Lipinski definition) is 5. The number of nitrogens with zero attached hydrogens (tertiary/aromatic N) is 2. The molecule has 0 atom stereocenters. The van der Waals surface area contributed by atoms with Gasteiger partial charge in [-0.15, -0.1) is 0 Å². The van der Waals surface area contributed by atoms with Crippen LogP contribution in [0.15, 0.2) is 66.9 Å². The van der Waals surface area contributed by atoms with E-state index in [0.717, 1.165) is 5.56 Å². The quantitative estimate of drug-likeness (QED) is 0.566. The van der Waals surface area contributed by atoms with E-state index in [9.17, 15) is 0 Å². The van der Waals surface area contributed by atoms with Crippen LogP contribution < -0.4 is 16.0 Å². The minimum absolute atomic E-state index is 0.313. The van der Waals surface area contributed by atoms with Crippen molar-refractivity contribution in [2.75, 3.05) is 5.43 Å². The van der Waals surface area contributed by atoms with E-state index in [1.54, 1.807) is 12.3 Å². The van der Waals surface area contributed by atoms with Crippen molar-refractivity contribution in [2.24, 2.45) is 5.84 Å². The first-order valence-electron chi connectivity index (χ1n) is 6.48. The molecule has 1 heterocycles. The molecule has 0 amide bonds. The van der Waals surface area contributed by atoms with E-state index in [4.69, 9.17) is 10.6 Å². The minimum atomic E-state index is 0.313. The maximum absolute atomic E-state index is 5.67. The summed E-state index contributed by atoms with van der Waals surface area (Å²) in [6.45, 7) is 0. The molecule has 104 valence electrons. The third-order valence-corrected chi connectivity index (χ3v) is 2.94. The summed E-state index contributed by atoms with van der Waals surface area (Å²) >= 11 is 0. The molecule has 3 N–H and O–H groups in total. The second-order valence-electron chi connectivity index (χ2n) is 4.36. The smallest absolute Gasteiger partial charge is 0.240 e. The van der Waals surface area contributed by atoms with Crippen LogP contribution in [-0.2, 0) is 0 Å². The Labute approximate surface area is 122 Å². The van der Waals surface area contributed by atoms with Crippen LogP contribution in [0.25, 0.3) is 11.1 Å². The van der Waals surface area contributed by atoms with Gasteiger partial charge < -0.3 is 4.74 Å². The van der Waals surface area contributed by atoms with Crippen molar-refractivity contribution >= 4 is 5.95 Å². The van der Waals surface area contributed by atoms with Crippen LogP contribution in [-0.4, -0.2) is 9.97 Å².